The Labute approximate surface area is 837 Å². The van der Waals surface area contributed by atoms with Gasteiger partial charge in [-0.25, -0.2) is 19.2 Å². The molecule has 15 aromatic rings. The minimum Gasteiger partial charge on any atom is -0.465 e. The molecule has 1 fully saturated rings. The summed E-state index contributed by atoms with van der Waals surface area (Å²) in [4.78, 5) is 82.0. The van der Waals surface area contributed by atoms with Gasteiger partial charge in [0.25, 0.3) is 5.91 Å². The van der Waals surface area contributed by atoms with E-state index in [1.165, 1.54) is 139 Å². The first-order chi connectivity index (χ1) is 67.9. The molecule has 0 N–H and O–H groups in total. The maximum atomic E-state index is 13.3. The number of aryl methyl sites for hydroxylation is 6. The summed E-state index contributed by atoms with van der Waals surface area (Å²) in [5, 5.41) is 1.47. The largest absolute Gasteiger partial charge is 0.465 e. The molecule has 21 rings (SSSR count). The maximum absolute atomic E-state index is 13.3. The summed E-state index contributed by atoms with van der Waals surface area (Å²) in [5.41, 5.74) is 26.2. The number of halogens is 5. The van der Waals surface area contributed by atoms with Crippen LogP contribution in [0, 0.1) is 13.8 Å². The number of alkyl halides is 3. The first kappa shape index (κ1) is 97.7. The molecule has 1 saturated heterocycles. The van der Waals surface area contributed by atoms with E-state index in [0.29, 0.717) is 60.7 Å². The standard InChI is InChI=1S/C25H24ClN3OS.C24H23NO2.C23H20ClNO2.C22H16F3NO2S.C22H19NO2S/c1-27-12-14-28(15-13-27)25(30)19-8-6-18(7-9-19)17-29-21-4-2-3-5-23(21)31-24-11-10-20(26)16-22(24)29;1-17-10-11-20-13-12-19-7-3-4-9-22(19)25(23(20)14-17)16-18-6-5-8-21(15-18)24(26)27-2;1-27-23(26)19-8-6-16(7-9-19)15-25-21-5-3-2-4-17(21)10-11-18-12-13-20(24)14-22(18)25;1-28-21(27)15-8-6-14(7-9-15)13-26-17-4-2-3-5-19(17)29-20-11-10-16(12-18(20)26)22(23,24)25;1-15-10-11-21-19(12-15)23(18-8-3-4-9-20(18)26-21)14-16-6-5-7-17(13-16)22(24)25-2/h2-11,16H,12-15,17H2,1H3;3-11,14-15H,12-13,16H2,1-2H3;2-9,12-14H,10-11,15H2,1H3;2-12H,13H2,1H3;3-13H,14H2,1-2H3. The number of ether oxygens (including phenoxy) is 4. The van der Waals surface area contributed by atoms with Gasteiger partial charge in [0.05, 0.1) is 90.4 Å². The Kier molecular flexibility index (Phi) is 31.0. The van der Waals surface area contributed by atoms with Crippen LogP contribution in [0.15, 0.2) is 363 Å². The van der Waals surface area contributed by atoms with Gasteiger partial charge in [-0.1, -0.05) is 216 Å². The van der Waals surface area contributed by atoms with Crippen molar-refractivity contribution in [1.29, 1.82) is 0 Å². The van der Waals surface area contributed by atoms with Crippen molar-refractivity contribution in [3.63, 3.8) is 0 Å². The zero-order valence-electron chi connectivity index (χ0n) is 78.4. The van der Waals surface area contributed by atoms with E-state index >= 15 is 0 Å². The van der Waals surface area contributed by atoms with E-state index in [0.717, 1.165) is 128 Å². The van der Waals surface area contributed by atoms with Crippen LogP contribution < -0.4 is 24.5 Å². The summed E-state index contributed by atoms with van der Waals surface area (Å²) in [5.74, 6) is -1.24. The molecule has 0 atom stereocenters. The monoisotopic (exact) mass is 1960 g/mol. The summed E-state index contributed by atoms with van der Waals surface area (Å²) in [6, 6.07) is 109. The van der Waals surface area contributed by atoms with E-state index < -0.39 is 17.7 Å². The van der Waals surface area contributed by atoms with Crippen molar-refractivity contribution in [1.82, 2.24) is 9.80 Å². The number of benzene rings is 15. The summed E-state index contributed by atoms with van der Waals surface area (Å²) >= 11 is 17.7. The van der Waals surface area contributed by atoms with Gasteiger partial charge in [0.2, 0.25) is 0 Å². The van der Waals surface area contributed by atoms with Crippen molar-refractivity contribution >= 4 is 145 Å². The number of methoxy groups -OCH3 is 4. The molecule has 6 heterocycles. The van der Waals surface area contributed by atoms with Crippen LogP contribution in [0.1, 0.15) is 119 Å². The SMILES string of the molecule is CN1CCN(C(=O)c2ccc(CN3c4ccccc4Sc4ccc(Cl)cc43)cc2)CC1.COC(=O)c1ccc(CN2c3ccccc3CCc3ccc(Cl)cc32)cc1.COC(=O)c1ccc(CN2c3ccccc3Sc3ccc(C(F)(F)F)cc32)cc1.COC(=O)c1cccc(CN2c3ccccc3CCc3ccc(C)cc32)c1.COC(=O)c1cccc(CN2c3ccccc3Sc3ccc(C)cc32)c1. The van der Waals surface area contributed by atoms with Crippen LogP contribution in [0.4, 0.5) is 70.0 Å². The molecule has 708 valence electrons. The highest BCUT2D eigenvalue weighted by Crippen LogP contribution is 2.54. The number of piperazine rings is 1. The molecule has 0 saturated carbocycles. The maximum Gasteiger partial charge on any atom is 0.416 e. The fraction of sp³-hybridized carbons (Fsp3) is 0.181. The van der Waals surface area contributed by atoms with Gasteiger partial charge >= 0.3 is 30.1 Å². The molecule has 1 amide bonds. The van der Waals surface area contributed by atoms with Crippen LogP contribution >= 0.6 is 58.5 Å². The lowest BCUT2D eigenvalue weighted by Gasteiger charge is -2.33. The molecule has 16 nitrogen and oxygen atoms in total. The Morgan fingerprint density at radius 1 is 0.293 bits per heavy atom. The topological polar surface area (TPSA) is 145 Å². The number of anilines is 10. The number of esters is 4. The Morgan fingerprint density at radius 3 is 1.04 bits per heavy atom. The molecule has 24 heteroatoms. The Morgan fingerprint density at radius 2 is 0.607 bits per heavy atom. The molecular formula is C116H102Cl2F3N7O9S3. The molecular weight excluding hydrogens is 1860 g/mol. The lowest BCUT2D eigenvalue weighted by molar-refractivity contribution is -0.137. The predicted molar refractivity (Wildman–Crippen MR) is 556 cm³/mol. The van der Waals surface area contributed by atoms with Gasteiger partial charge in [0, 0.05) is 127 Å². The number of carbonyl (C=O) groups is 5. The molecule has 6 aliphatic heterocycles. The highest BCUT2D eigenvalue weighted by molar-refractivity contribution is 8.00. The molecule has 0 aliphatic carbocycles. The van der Waals surface area contributed by atoms with Crippen molar-refractivity contribution < 1.29 is 56.1 Å². The van der Waals surface area contributed by atoms with Crippen molar-refractivity contribution in [2.45, 2.75) is 108 Å². The van der Waals surface area contributed by atoms with Crippen LogP contribution in [0.5, 0.6) is 0 Å². The van der Waals surface area contributed by atoms with Crippen LogP contribution in [0.25, 0.3) is 0 Å². The number of fused-ring (bicyclic) bond motifs is 10. The Balaban J connectivity index is 0.000000121. The molecule has 140 heavy (non-hydrogen) atoms. The predicted octanol–water partition coefficient (Wildman–Crippen LogP) is 28.2. The van der Waals surface area contributed by atoms with Crippen LogP contribution in [0.2, 0.25) is 10.0 Å². The number of hydrogen-bond acceptors (Lipinski definition) is 18. The van der Waals surface area contributed by atoms with Gasteiger partial charge in [0.15, 0.2) is 0 Å². The number of carbonyl (C=O) groups excluding carboxylic acids is 5. The van der Waals surface area contributed by atoms with Gasteiger partial charge in [-0.15, -0.1) is 0 Å². The summed E-state index contributed by atoms with van der Waals surface area (Å²) in [7, 11) is 7.63. The van der Waals surface area contributed by atoms with Gasteiger partial charge < -0.3 is 53.2 Å². The zero-order valence-corrected chi connectivity index (χ0v) is 82.3. The highest BCUT2D eigenvalue weighted by Gasteiger charge is 2.35. The number of rotatable bonds is 15. The third kappa shape index (κ3) is 22.9. The molecule has 0 bridgehead atoms. The normalized spacial score (nSPS) is 13.4. The smallest absolute Gasteiger partial charge is 0.416 e. The number of likely N-dealkylation sites (N-methyl/N-ethyl adjacent to an activating group) is 1. The van der Waals surface area contributed by atoms with Crippen molar-refractivity contribution in [3.05, 3.63) is 438 Å². The van der Waals surface area contributed by atoms with Gasteiger partial charge in [-0.05, 0) is 284 Å². The van der Waals surface area contributed by atoms with E-state index in [1.54, 1.807) is 59.9 Å². The first-order valence-corrected chi connectivity index (χ1v) is 49.2. The van der Waals surface area contributed by atoms with Crippen molar-refractivity contribution in [2.75, 3.05) is 86.2 Å². The average Bonchev–Trinajstić information content (AvgIpc) is 0.946. The van der Waals surface area contributed by atoms with E-state index in [1.807, 2.05) is 125 Å². The molecule has 0 unspecified atom stereocenters. The van der Waals surface area contributed by atoms with Crippen LogP contribution in [-0.4, -0.2) is 101 Å². The van der Waals surface area contributed by atoms with Crippen molar-refractivity contribution in [2.24, 2.45) is 0 Å². The molecule has 15 aromatic carbocycles. The lowest BCUT2D eigenvalue weighted by Crippen LogP contribution is -2.47. The summed E-state index contributed by atoms with van der Waals surface area (Å²) in [6.07, 6.45) is -0.357. The second-order valence-corrected chi connectivity index (χ2v) is 38.7. The molecule has 0 radical (unpaired) electrons. The highest BCUT2D eigenvalue weighted by atomic mass is 35.5. The fourth-order valence-electron chi connectivity index (χ4n) is 17.9. The second kappa shape index (κ2) is 44.4. The minimum absolute atomic E-state index is 0.122. The van der Waals surface area contributed by atoms with E-state index in [2.05, 4.69) is 209 Å². The number of para-hydroxylation sites is 5. The van der Waals surface area contributed by atoms with Gasteiger partial charge in [-0.2, -0.15) is 13.2 Å². The minimum atomic E-state index is -4.41. The Bertz CT molecular complexity index is 7090. The fourth-order valence-corrected chi connectivity index (χ4v) is 21.5. The molecule has 0 aromatic heterocycles. The van der Waals surface area contributed by atoms with Crippen molar-refractivity contribution in [3.8, 4) is 0 Å². The van der Waals surface area contributed by atoms with E-state index in [-0.39, 0.29) is 23.8 Å². The average molecular weight is 1960 g/mol. The Hall–Kier alpha value is -14.0. The second-order valence-electron chi connectivity index (χ2n) is 34.6. The first-order valence-electron chi connectivity index (χ1n) is 46.0. The zero-order chi connectivity index (χ0) is 97.7. The quantitative estimate of drug-likeness (QED) is 0.0708. The summed E-state index contributed by atoms with van der Waals surface area (Å²) in [6.45, 7) is 10.9. The number of nitrogens with zero attached hydrogens (tertiary/aromatic N) is 7. The van der Waals surface area contributed by atoms with E-state index in [4.69, 9.17) is 42.1 Å². The molecule has 0 spiro atoms. The van der Waals surface area contributed by atoms with E-state index in [9.17, 15) is 37.1 Å². The van der Waals surface area contributed by atoms with Crippen LogP contribution in [0.3, 0.4) is 0 Å². The number of hydrogen-bond donors (Lipinski definition) is 0. The lowest BCUT2D eigenvalue weighted by atomic mass is 10.0. The van der Waals surface area contributed by atoms with Gasteiger partial charge in [-0.3, -0.25) is 4.79 Å². The summed E-state index contributed by atoms with van der Waals surface area (Å²) < 4.78 is 59.1. The third-order valence-electron chi connectivity index (χ3n) is 25.2. The number of amides is 1. The van der Waals surface area contributed by atoms with Gasteiger partial charge in [0.1, 0.15) is 0 Å². The van der Waals surface area contributed by atoms with Crippen LogP contribution in [-0.2, 0) is 83.5 Å². The third-order valence-corrected chi connectivity index (χ3v) is 29.1. The molecule has 6 aliphatic rings.